The quantitative estimate of drug-likeness (QED) is 0.846. The molecule has 1 rings (SSSR count). The second-order valence-electron chi connectivity index (χ2n) is 4.35. The summed E-state index contributed by atoms with van der Waals surface area (Å²) in [4.78, 5) is 15.5. The number of pyridine rings is 1. The Kier molecular flexibility index (Phi) is 5.38. The fourth-order valence-electron chi connectivity index (χ4n) is 1.49. The van der Waals surface area contributed by atoms with Gasteiger partial charge in [0.2, 0.25) is 0 Å². The maximum atomic E-state index is 11.7. The van der Waals surface area contributed by atoms with Gasteiger partial charge in [0, 0.05) is 18.9 Å². The molecule has 0 saturated carbocycles. The van der Waals surface area contributed by atoms with E-state index in [0.29, 0.717) is 22.9 Å². The van der Waals surface area contributed by atoms with Crippen molar-refractivity contribution in [2.24, 2.45) is 5.92 Å². The maximum absolute atomic E-state index is 11.7. The first-order valence-electron chi connectivity index (χ1n) is 5.56. The highest BCUT2D eigenvalue weighted by atomic mass is 35.5. The minimum Gasteiger partial charge on any atom is -0.391 e. The van der Waals surface area contributed by atoms with Gasteiger partial charge in [-0.1, -0.05) is 25.4 Å². The fourth-order valence-corrected chi connectivity index (χ4v) is 1.70. The molecule has 94 valence electrons. The Morgan fingerprint density at radius 3 is 2.88 bits per heavy atom. The molecule has 1 heterocycles. The Morgan fingerprint density at radius 1 is 1.59 bits per heavy atom. The zero-order chi connectivity index (χ0) is 12.8. The van der Waals surface area contributed by atoms with Crippen molar-refractivity contribution < 1.29 is 9.90 Å². The van der Waals surface area contributed by atoms with Gasteiger partial charge in [0.25, 0.3) is 5.91 Å². The highest BCUT2D eigenvalue weighted by Gasteiger charge is 2.12. The molecule has 1 amide bonds. The molecular weight excluding hydrogens is 240 g/mol. The minimum atomic E-state index is -0.528. The van der Waals surface area contributed by atoms with E-state index >= 15 is 0 Å². The average Bonchev–Trinajstić information content (AvgIpc) is 2.25. The lowest BCUT2D eigenvalue weighted by atomic mass is 10.1. The van der Waals surface area contributed by atoms with Crippen molar-refractivity contribution in [3.05, 3.63) is 29.0 Å². The predicted octanol–water partition coefficient (Wildman–Crippen LogP) is 1.87. The third kappa shape index (κ3) is 4.71. The molecule has 0 aliphatic rings. The van der Waals surface area contributed by atoms with Gasteiger partial charge in [0.1, 0.15) is 0 Å². The number of aromatic nitrogens is 1. The second-order valence-corrected chi connectivity index (χ2v) is 4.76. The Labute approximate surface area is 106 Å². The standard InChI is InChI=1S/C12H17ClN2O2/c1-8(2)5-9(16)6-15-12(17)10-3-4-14-7-11(10)13/h3-4,7-9,16H,5-6H2,1-2H3,(H,15,17). The molecule has 1 unspecified atom stereocenters. The van der Waals surface area contributed by atoms with Crippen molar-refractivity contribution in [3.8, 4) is 0 Å². The molecule has 0 aromatic carbocycles. The molecule has 0 bridgehead atoms. The highest BCUT2D eigenvalue weighted by Crippen LogP contribution is 2.13. The summed E-state index contributed by atoms with van der Waals surface area (Å²) in [7, 11) is 0. The molecule has 5 heteroatoms. The number of hydrogen-bond acceptors (Lipinski definition) is 3. The third-order valence-electron chi connectivity index (χ3n) is 2.26. The van der Waals surface area contributed by atoms with Crippen molar-refractivity contribution in [3.63, 3.8) is 0 Å². The van der Waals surface area contributed by atoms with Gasteiger partial charge in [-0.25, -0.2) is 0 Å². The molecule has 0 aliphatic carbocycles. The van der Waals surface area contributed by atoms with Crippen molar-refractivity contribution >= 4 is 17.5 Å². The number of aliphatic hydroxyl groups excluding tert-OH is 1. The van der Waals surface area contributed by atoms with E-state index in [1.165, 1.54) is 12.4 Å². The minimum absolute atomic E-state index is 0.232. The van der Waals surface area contributed by atoms with Crippen LogP contribution in [0.5, 0.6) is 0 Å². The third-order valence-corrected chi connectivity index (χ3v) is 2.56. The van der Waals surface area contributed by atoms with Crippen LogP contribution in [0.1, 0.15) is 30.6 Å². The number of carbonyl (C=O) groups excluding carboxylic acids is 1. The van der Waals surface area contributed by atoms with Crippen LogP contribution >= 0.6 is 11.6 Å². The largest absolute Gasteiger partial charge is 0.391 e. The van der Waals surface area contributed by atoms with Crippen molar-refractivity contribution in [1.29, 1.82) is 0 Å². The Hall–Kier alpha value is -1.13. The van der Waals surface area contributed by atoms with Gasteiger partial charge in [-0.2, -0.15) is 0 Å². The van der Waals surface area contributed by atoms with Crippen LogP contribution in [0, 0.1) is 5.92 Å². The number of halogens is 1. The van der Waals surface area contributed by atoms with Gasteiger partial charge in [-0.15, -0.1) is 0 Å². The molecule has 0 fully saturated rings. The molecule has 0 radical (unpaired) electrons. The van der Waals surface area contributed by atoms with E-state index in [2.05, 4.69) is 10.3 Å². The van der Waals surface area contributed by atoms with Gasteiger partial charge in [0.15, 0.2) is 0 Å². The van der Waals surface area contributed by atoms with Crippen LogP contribution in [0.4, 0.5) is 0 Å². The first-order valence-corrected chi connectivity index (χ1v) is 5.94. The topological polar surface area (TPSA) is 62.2 Å². The molecular formula is C12H17ClN2O2. The first-order chi connectivity index (χ1) is 8.00. The fraction of sp³-hybridized carbons (Fsp3) is 0.500. The van der Waals surface area contributed by atoms with E-state index in [-0.39, 0.29) is 12.5 Å². The molecule has 0 spiro atoms. The lowest BCUT2D eigenvalue weighted by molar-refractivity contribution is 0.0900. The molecule has 17 heavy (non-hydrogen) atoms. The van der Waals surface area contributed by atoms with Gasteiger partial charge < -0.3 is 10.4 Å². The molecule has 1 atom stereocenters. The number of nitrogens with zero attached hydrogens (tertiary/aromatic N) is 1. The van der Waals surface area contributed by atoms with E-state index in [4.69, 9.17) is 11.6 Å². The SMILES string of the molecule is CC(C)CC(O)CNC(=O)c1ccncc1Cl. The molecule has 2 N–H and O–H groups in total. The summed E-state index contributed by atoms with van der Waals surface area (Å²) in [6, 6.07) is 1.55. The van der Waals surface area contributed by atoms with E-state index in [1.807, 2.05) is 13.8 Å². The van der Waals surface area contributed by atoms with Crippen molar-refractivity contribution in [2.45, 2.75) is 26.4 Å². The number of amides is 1. The number of rotatable bonds is 5. The van der Waals surface area contributed by atoms with Crippen LogP contribution in [0.3, 0.4) is 0 Å². The van der Waals surface area contributed by atoms with Gasteiger partial charge in [-0.05, 0) is 18.4 Å². The summed E-state index contributed by atoms with van der Waals surface area (Å²) in [5.74, 6) is 0.103. The molecule has 4 nitrogen and oxygen atoms in total. The monoisotopic (exact) mass is 256 g/mol. The normalized spacial score (nSPS) is 12.5. The Morgan fingerprint density at radius 2 is 2.29 bits per heavy atom. The molecule has 1 aromatic heterocycles. The van der Waals surface area contributed by atoms with Crippen molar-refractivity contribution in [1.82, 2.24) is 10.3 Å². The summed E-state index contributed by atoms with van der Waals surface area (Å²) in [6.07, 6.45) is 3.05. The summed E-state index contributed by atoms with van der Waals surface area (Å²) in [5.41, 5.74) is 0.374. The van der Waals surface area contributed by atoms with E-state index in [0.717, 1.165) is 0 Å². The second kappa shape index (κ2) is 6.57. The number of hydrogen-bond donors (Lipinski definition) is 2. The van der Waals surface area contributed by atoms with Crippen LogP contribution < -0.4 is 5.32 Å². The maximum Gasteiger partial charge on any atom is 0.252 e. The highest BCUT2D eigenvalue weighted by molar-refractivity contribution is 6.33. The average molecular weight is 257 g/mol. The summed E-state index contributed by atoms with van der Waals surface area (Å²) < 4.78 is 0. The Bertz CT molecular complexity index is 383. The summed E-state index contributed by atoms with van der Waals surface area (Å²) in [6.45, 7) is 4.27. The first kappa shape index (κ1) is 13.9. The summed E-state index contributed by atoms with van der Waals surface area (Å²) in [5, 5.41) is 12.6. The van der Waals surface area contributed by atoms with Gasteiger partial charge >= 0.3 is 0 Å². The van der Waals surface area contributed by atoms with Crippen LogP contribution in [-0.4, -0.2) is 28.6 Å². The number of nitrogens with one attached hydrogen (secondary N) is 1. The smallest absolute Gasteiger partial charge is 0.252 e. The summed E-state index contributed by atoms with van der Waals surface area (Å²) >= 11 is 5.83. The predicted molar refractivity (Wildman–Crippen MR) is 67.0 cm³/mol. The lowest BCUT2D eigenvalue weighted by Crippen LogP contribution is -2.32. The van der Waals surface area contributed by atoms with Gasteiger partial charge in [-0.3, -0.25) is 9.78 Å². The van der Waals surface area contributed by atoms with Crippen molar-refractivity contribution in [2.75, 3.05) is 6.54 Å². The Balaban J connectivity index is 2.48. The number of carbonyl (C=O) groups is 1. The zero-order valence-electron chi connectivity index (χ0n) is 9.98. The van der Waals surface area contributed by atoms with Crippen LogP contribution in [0.2, 0.25) is 5.02 Å². The van der Waals surface area contributed by atoms with Gasteiger partial charge in [0.05, 0.1) is 16.7 Å². The van der Waals surface area contributed by atoms with Crippen LogP contribution in [-0.2, 0) is 0 Å². The molecule has 0 aliphatic heterocycles. The number of aliphatic hydroxyl groups is 1. The van der Waals surface area contributed by atoms with E-state index in [9.17, 15) is 9.90 Å². The lowest BCUT2D eigenvalue weighted by Gasteiger charge is -2.14. The zero-order valence-corrected chi connectivity index (χ0v) is 10.7. The van der Waals surface area contributed by atoms with Crippen LogP contribution in [0.25, 0.3) is 0 Å². The van der Waals surface area contributed by atoms with Crippen LogP contribution in [0.15, 0.2) is 18.5 Å². The molecule has 0 saturated heterocycles. The van der Waals surface area contributed by atoms with E-state index < -0.39 is 6.10 Å². The molecule has 1 aromatic rings. The van der Waals surface area contributed by atoms with E-state index in [1.54, 1.807) is 6.07 Å².